The Hall–Kier alpha value is -8.29. The summed E-state index contributed by atoms with van der Waals surface area (Å²) in [6.07, 6.45) is 9.78. The zero-order valence-corrected chi connectivity index (χ0v) is 39.9. The number of hydrogen-bond donors (Lipinski definition) is 7. The van der Waals surface area contributed by atoms with Crippen LogP contribution in [0.4, 0.5) is 17.1 Å². The average molecular weight is 972 g/mol. The van der Waals surface area contributed by atoms with Crippen molar-refractivity contribution in [3.8, 4) is 28.6 Å². The molecule has 5 rings (SSSR count). The third-order valence-electron chi connectivity index (χ3n) is 9.76. The van der Waals surface area contributed by atoms with E-state index in [1.165, 1.54) is 29.3 Å². The number of carboxylic acid groups (broad SMARTS) is 3. The largest absolute Gasteiger partial charge is 0.508 e. The van der Waals surface area contributed by atoms with Gasteiger partial charge in [-0.25, -0.2) is 4.79 Å². The van der Waals surface area contributed by atoms with E-state index in [0.29, 0.717) is 54.0 Å². The minimum atomic E-state index is -1.20. The predicted octanol–water partition coefficient (Wildman–Crippen LogP) is 5.91. The van der Waals surface area contributed by atoms with Crippen molar-refractivity contribution in [3.05, 3.63) is 130 Å². The van der Waals surface area contributed by atoms with E-state index in [1.807, 2.05) is 62.9 Å². The quantitative estimate of drug-likeness (QED) is 0.0140. The number of carboxylic acids is 2. The number of carbonyl (C=O) groups excluding carboxylic acids is 3. The van der Waals surface area contributed by atoms with Gasteiger partial charge in [0, 0.05) is 67.4 Å². The number of aldehydes is 3. The molecule has 0 radical (unpaired) electrons. The van der Waals surface area contributed by atoms with Gasteiger partial charge in [-0.1, -0.05) is 32.1 Å². The number of allylic oxidation sites excluding steroid dienone is 3. The van der Waals surface area contributed by atoms with Crippen molar-refractivity contribution in [1.82, 2.24) is 0 Å². The fourth-order valence-electron chi connectivity index (χ4n) is 6.54. The fourth-order valence-corrected chi connectivity index (χ4v) is 6.54. The van der Waals surface area contributed by atoms with Crippen molar-refractivity contribution in [2.75, 3.05) is 68.7 Å². The summed E-state index contributed by atoms with van der Waals surface area (Å²) >= 11 is 0. The van der Waals surface area contributed by atoms with E-state index in [0.717, 1.165) is 66.3 Å². The van der Waals surface area contributed by atoms with Crippen LogP contribution in [0.15, 0.2) is 112 Å². The molecule has 3 aromatic rings. The third kappa shape index (κ3) is 18.4. The normalized spacial score (nSPS) is 10.5. The maximum absolute atomic E-state index is 12.0. The number of aliphatic hydroxyl groups is 2. The first-order valence-corrected chi connectivity index (χ1v) is 21.6. The highest BCUT2D eigenvalue weighted by Gasteiger charge is 2.18. The van der Waals surface area contributed by atoms with E-state index in [9.17, 15) is 44.1 Å². The molecule has 2 aliphatic rings. The Morgan fingerprint density at radius 2 is 1.39 bits per heavy atom. The van der Waals surface area contributed by atoms with Gasteiger partial charge in [0.2, 0.25) is 0 Å². The van der Waals surface area contributed by atoms with Gasteiger partial charge in [-0.05, 0) is 92.4 Å². The number of likely N-dealkylation sites (N-methyl/N-ethyl adjacent to an activating group) is 1. The molecule has 0 amide bonds. The smallest absolute Gasteiger partial charge is 0.335 e. The van der Waals surface area contributed by atoms with Crippen molar-refractivity contribution in [1.29, 1.82) is 0 Å². The molecular formula is C51H61N3O16. The highest BCUT2D eigenvalue weighted by Crippen LogP contribution is 2.36. The highest BCUT2D eigenvalue weighted by atomic mass is 16.5. The number of para-hydroxylation sites is 2. The Balaban J connectivity index is 0.000000723. The average Bonchev–Trinajstić information content (AvgIpc) is 3.35. The van der Waals surface area contributed by atoms with Crippen LogP contribution in [0.25, 0.3) is 22.3 Å². The lowest BCUT2D eigenvalue weighted by Gasteiger charge is -2.24. The van der Waals surface area contributed by atoms with E-state index in [1.54, 1.807) is 36.4 Å². The van der Waals surface area contributed by atoms with Crippen LogP contribution in [0.2, 0.25) is 0 Å². The SMILES string of the molecule is CCN(CC=O)c1ccccc1OCCOc1cc(N\C=C/C(=C\C=C\C=O)C(=O)O)ccc1N(CC=O)CC(=O)O.CCc1cc2c(C)c3cc(CC)c(=O)cc-3oc2cc1O.CO.CO.O=CO. The number of phenols is 1. The molecule has 3 aromatic carbocycles. The van der Waals surface area contributed by atoms with Crippen LogP contribution < -0.4 is 30.0 Å². The van der Waals surface area contributed by atoms with Gasteiger partial charge in [0.15, 0.2) is 5.43 Å². The van der Waals surface area contributed by atoms with Crippen LogP contribution in [0.3, 0.4) is 0 Å². The molecule has 70 heavy (non-hydrogen) atoms. The maximum Gasteiger partial charge on any atom is 0.335 e. The summed E-state index contributed by atoms with van der Waals surface area (Å²) in [4.78, 5) is 79.1. The van der Waals surface area contributed by atoms with Gasteiger partial charge < -0.3 is 69.2 Å². The van der Waals surface area contributed by atoms with Crippen molar-refractivity contribution in [2.45, 2.75) is 40.5 Å². The van der Waals surface area contributed by atoms with Gasteiger partial charge in [0.05, 0.1) is 30.0 Å². The Bertz CT molecular complexity index is 2580. The number of nitrogens with zero attached hydrogens (tertiary/aromatic N) is 2. The molecule has 0 aromatic heterocycles. The van der Waals surface area contributed by atoms with E-state index in [-0.39, 0.29) is 55.3 Å². The van der Waals surface area contributed by atoms with E-state index in [2.05, 4.69) is 5.32 Å². The molecule has 1 aliphatic carbocycles. The summed E-state index contributed by atoms with van der Waals surface area (Å²) < 4.78 is 17.7. The number of phenolic OH excluding ortho intramolecular Hbond substituents is 1. The molecule has 376 valence electrons. The van der Waals surface area contributed by atoms with Gasteiger partial charge in [0.25, 0.3) is 6.47 Å². The Morgan fingerprint density at radius 1 is 0.771 bits per heavy atom. The Morgan fingerprint density at radius 3 is 1.97 bits per heavy atom. The van der Waals surface area contributed by atoms with Crippen molar-refractivity contribution >= 4 is 65.3 Å². The summed E-state index contributed by atoms with van der Waals surface area (Å²) in [5.41, 5.74) is 5.86. The summed E-state index contributed by atoms with van der Waals surface area (Å²) in [5.74, 6) is -0.709. The second-order valence-electron chi connectivity index (χ2n) is 13.9. The van der Waals surface area contributed by atoms with E-state index < -0.39 is 18.5 Å². The first kappa shape index (κ1) is 59.7. The lowest BCUT2D eigenvalue weighted by molar-refractivity contribution is -0.135. The van der Waals surface area contributed by atoms with Crippen LogP contribution in [-0.2, 0) is 41.6 Å². The number of nitrogens with one attached hydrogen (secondary N) is 1. The van der Waals surface area contributed by atoms with E-state index >= 15 is 0 Å². The number of benzene rings is 4. The Labute approximate surface area is 405 Å². The fraction of sp³-hybridized carbons (Fsp3) is 0.275. The molecule has 1 heterocycles. The summed E-state index contributed by atoms with van der Waals surface area (Å²) in [6.45, 7) is 8.02. The molecule has 0 bridgehead atoms. The molecule has 0 atom stereocenters. The number of hydrogen-bond acceptors (Lipinski definition) is 16. The number of aliphatic hydroxyl groups excluding tert-OH is 2. The number of fused-ring (bicyclic) bond motifs is 2. The maximum atomic E-state index is 12.0. The van der Waals surface area contributed by atoms with Gasteiger partial charge >= 0.3 is 11.9 Å². The predicted molar refractivity (Wildman–Crippen MR) is 267 cm³/mol. The standard InChI is InChI=1S/C30H33N3O9.C18H18O3.CH2O2.2CH4O/c1-2-32(14-17-35)25-8-3-4-9-27(25)41-19-20-42-28-21-24(10-11-26(28)33(15-18-36)22-29(37)38)31-13-12-23(30(39)40)7-5-6-16-34;1-4-11-6-13-10(3)14-7-12(5-2)16(20)9-18(14)21-17(13)8-15(11)19;2-1-3;2*1-2/h3-13,16-18,21,31H,2,14-15,19-20,22H2,1H3,(H,37,38)(H,39,40);6-9,19H,4-5H2,1-3H3;1H,(H,2,3);2*2H,1H3/b6-5+,13-12-,23-7+;;;;. The molecule has 0 saturated carbocycles. The number of rotatable bonds is 22. The van der Waals surface area contributed by atoms with Crippen molar-refractivity contribution in [2.24, 2.45) is 0 Å². The number of ether oxygens (including phenoxy) is 2. The zero-order valence-electron chi connectivity index (χ0n) is 39.9. The second-order valence-corrected chi connectivity index (χ2v) is 13.9. The first-order chi connectivity index (χ1) is 33.8. The van der Waals surface area contributed by atoms with Gasteiger partial charge in [-0.15, -0.1) is 0 Å². The monoisotopic (exact) mass is 971 g/mol. The highest BCUT2D eigenvalue weighted by molar-refractivity contribution is 5.91. The van der Waals surface area contributed by atoms with Crippen LogP contribution >= 0.6 is 0 Å². The summed E-state index contributed by atoms with van der Waals surface area (Å²) in [6, 6.07) is 19.1. The van der Waals surface area contributed by atoms with Crippen molar-refractivity contribution < 1.29 is 73.3 Å². The molecule has 0 fully saturated rings. The number of carbonyl (C=O) groups is 6. The van der Waals surface area contributed by atoms with Crippen molar-refractivity contribution in [3.63, 3.8) is 0 Å². The molecule has 0 saturated heterocycles. The number of aliphatic carboxylic acids is 2. The summed E-state index contributed by atoms with van der Waals surface area (Å²) in [5, 5.41) is 53.4. The van der Waals surface area contributed by atoms with Crippen LogP contribution in [0.1, 0.15) is 37.5 Å². The molecule has 19 nitrogen and oxygen atoms in total. The zero-order chi connectivity index (χ0) is 52.6. The molecule has 19 heteroatoms. The first-order valence-electron chi connectivity index (χ1n) is 21.6. The van der Waals surface area contributed by atoms with E-state index in [4.69, 9.17) is 34.0 Å². The number of aryl methyl sites for hydroxylation is 3. The Kier molecular flexibility index (Phi) is 28.4. The molecule has 0 spiro atoms. The van der Waals surface area contributed by atoms with Gasteiger partial charge in [-0.3, -0.25) is 19.2 Å². The third-order valence-corrected chi connectivity index (χ3v) is 9.76. The minimum Gasteiger partial charge on any atom is -0.508 e. The molecular weight excluding hydrogens is 911 g/mol. The molecule has 7 N–H and O–H groups in total. The number of aromatic hydroxyl groups is 1. The molecule has 0 unspecified atom stereocenters. The minimum absolute atomic E-state index is 0.00176. The topological polar surface area (TPSA) is 291 Å². The second kappa shape index (κ2) is 33.2. The number of anilines is 3. The lowest BCUT2D eigenvalue weighted by atomic mass is 9.96. The van der Waals surface area contributed by atoms with Gasteiger partial charge in [0.1, 0.15) is 67.2 Å². The van der Waals surface area contributed by atoms with Crippen LogP contribution in [0.5, 0.6) is 17.2 Å². The lowest BCUT2D eigenvalue weighted by Crippen LogP contribution is -2.31. The van der Waals surface area contributed by atoms with Crippen LogP contribution in [0, 0.1) is 6.92 Å². The van der Waals surface area contributed by atoms with Crippen LogP contribution in [-0.4, -0.2) is 122 Å². The summed E-state index contributed by atoms with van der Waals surface area (Å²) in [7, 11) is 2.00. The molecule has 1 aliphatic heterocycles. The van der Waals surface area contributed by atoms with Gasteiger partial charge in [-0.2, -0.15) is 0 Å².